The van der Waals surface area contributed by atoms with Crippen molar-refractivity contribution in [1.29, 1.82) is 0 Å². The van der Waals surface area contributed by atoms with E-state index in [9.17, 15) is 9.90 Å². The number of hydrogen-bond acceptors (Lipinski definition) is 5. The normalized spacial score (nSPS) is 20.4. The van der Waals surface area contributed by atoms with Gasteiger partial charge in [-0.3, -0.25) is 14.6 Å². The van der Waals surface area contributed by atoms with Crippen molar-refractivity contribution >= 4 is 5.91 Å². The predicted molar refractivity (Wildman–Crippen MR) is 124 cm³/mol. The summed E-state index contributed by atoms with van der Waals surface area (Å²) in [4.78, 5) is 19.7. The second-order valence-corrected chi connectivity index (χ2v) is 9.32. The summed E-state index contributed by atoms with van der Waals surface area (Å²) < 4.78 is 5.95. The largest absolute Gasteiger partial charge is 0.491 e. The van der Waals surface area contributed by atoms with Gasteiger partial charge in [-0.2, -0.15) is 0 Å². The van der Waals surface area contributed by atoms with Crippen LogP contribution in [0.5, 0.6) is 5.75 Å². The summed E-state index contributed by atoms with van der Waals surface area (Å²) >= 11 is 0. The summed E-state index contributed by atoms with van der Waals surface area (Å²) in [6, 6.07) is 14.5. The summed E-state index contributed by atoms with van der Waals surface area (Å²) in [5.74, 6) is 0.629. The number of benzene rings is 2. The van der Waals surface area contributed by atoms with E-state index in [-0.39, 0.29) is 5.91 Å². The molecule has 1 N–H and O–H groups in total. The van der Waals surface area contributed by atoms with Crippen LogP contribution in [0.2, 0.25) is 0 Å². The molecule has 6 nitrogen and oxygen atoms in total. The van der Waals surface area contributed by atoms with Crippen LogP contribution >= 0.6 is 0 Å². The summed E-state index contributed by atoms with van der Waals surface area (Å²) in [5, 5.41) is 10.8. The minimum absolute atomic E-state index is 0.0479. The molecule has 0 spiro atoms. The van der Waals surface area contributed by atoms with Gasteiger partial charge in [0.05, 0.1) is 18.2 Å². The van der Waals surface area contributed by atoms with E-state index in [0.29, 0.717) is 37.6 Å². The molecule has 1 unspecified atom stereocenters. The van der Waals surface area contributed by atoms with Crippen molar-refractivity contribution in [2.45, 2.75) is 38.5 Å². The second kappa shape index (κ2) is 9.61. The lowest BCUT2D eigenvalue weighted by Crippen LogP contribution is -2.44. The van der Waals surface area contributed by atoms with Crippen molar-refractivity contribution in [3.05, 3.63) is 64.7 Å². The molecule has 1 fully saturated rings. The molecule has 0 saturated carbocycles. The van der Waals surface area contributed by atoms with Crippen molar-refractivity contribution in [3.63, 3.8) is 0 Å². The third-order valence-electron chi connectivity index (χ3n) is 6.90. The number of nitrogens with zero attached hydrogens (tertiary/aromatic N) is 3. The molecule has 0 radical (unpaired) electrons. The molecule has 0 aliphatic carbocycles. The number of fused-ring (bicyclic) bond motifs is 2. The Morgan fingerprint density at radius 2 is 1.75 bits per heavy atom. The van der Waals surface area contributed by atoms with Crippen molar-refractivity contribution in [2.75, 3.05) is 45.9 Å². The summed E-state index contributed by atoms with van der Waals surface area (Å²) in [6.45, 7) is 6.84. The van der Waals surface area contributed by atoms with E-state index in [1.54, 1.807) is 4.90 Å². The summed E-state index contributed by atoms with van der Waals surface area (Å²) in [6.07, 6.45) is 2.95. The van der Waals surface area contributed by atoms with Crippen LogP contribution in [0.15, 0.2) is 42.5 Å². The van der Waals surface area contributed by atoms with Crippen molar-refractivity contribution < 1.29 is 14.6 Å². The van der Waals surface area contributed by atoms with Gasteiger partial charge in [0.2, 0.25) is 0 Å². The SMILES string of the molecule is O=C1c2ccc(CN3CCCC3)cc2OCCN1CC(O)CN1CCc2ccccc2C1. The highest BCUT2D eigenvalue weighted by molar-refractivity contribution is 5.97. The summed E-state index contributed by atoms with van der Waals surface area (Å²) in [5.41, 5.74) is 4.53. The minimum atomic E-state index is -0.583. The van der Waals surface area contributed by atoms with Gasteiger partial charge in [0.25, 0.3) is 5.91 Å². The van der Waals surface area contributed by atoms with Gasteiger partial charge in [-0.25, -0.2) is 0 Å². The zero-order valence-corrected chi connectivity index (χ0v) is 18.7. The number of rotatable bonds is 6. The Morgan fingerprint density at radius 3 is 2.59 bits per heavy atom. The molecule has 3 aliphatic rings. The third-order valence-corrected chi connectivity index (χ3v) is 6.90. The maximum Gasteiger partial charge on any atom is 0.257 e. The highest BCUT2D eigenvalue weighted by Gasteiger charge is 2.27. The average Bonchev–Trinajstić information content (AvgIpc) is 3.26. The number of ether oxygens (including phenoxy) is 1. The number of carbonyl (C=O) groups excluding carboxylic acids is 1. The van der Waals surface area contributed by atoms with Gasteiger partial charge in [0.15, 0.2) is 0 Å². The van der Waals surface area contributed by atoms with Crippen LogP contribution in [0.1, 0.15) is 39.9 Å². The van der Waals surface area contributed by atoms with E-state index >= 15 is 0 Å². The van der Waals surface area contributed by atoms with Crippen LogP contribution in [0, 0.1) is 0 Å². The van der Waals surface area contributed by atoms with Crippen molar-refractivity contribution in [3.8, 4) is 5.75 Å². The lowest BCUT2D eigenvalue weighted by atomic mass is 10.00. The molecule has 0 aromatic heterocycles. The van der Waals surface area contributed by atoms with Crippen molar-refractivity contribution in [1.82, 2.24) is 14.7 Å². The molecule has 170 valence electrons. The Morgan fingerprint density at radius 1 is 0.938 bits per heavy atom. The molecular formula is C26H33N3O3. The molecule has 6 heteroatoms. The maximum absolute atomic E-state index is 13.2. The zero-order valence-electron chi connectivity index (χ0n) is 18.7. The van der Waals surface area contributed by atoms with Crippen molar-refractivity contribution in [2.24, 2.45) is 0 Å². The van der Waals surface area contributed by atoms with Crippen LogP contribution < -0.4 is 4.74 Å². The van der Waals surface area contributed by atoms with Gasteiger partial charge in [0, 0.05) is 32.7 Å². The fourth-order valence-corrected chi connectivity index (χ4v) is 5.19. The molecule has 1 saturated heterocycles. The fraction of sp³-hybridized carbons (Fsp3) is 0.500. The van der Waals surface area contributed by atoms with Gasteiger partial charge < -0.3 is 14.7 Å². The topological polar surface area (TPSA) is 56.3 Å². The predicted octanol–water partition coefficient (Wildman–Crippen LogP) is 2.54. The molecule has 2 aromatic carbocycles. The molecule has 0 bridgehead atoms. The zero-order chi connectivity index (χ0) is 21.9. The molecular weight excluding hydrogens is 402 g/mol. The number of hydrogen-bond donors (Lipinski definition) is 1. The first-order valence-corrected chi connectivity index (χ1v) is 11.9. The smallest absolute Gasteiger partial charge is 0.257 e. The van der Waals surface area contributed by atoms with Gasteiger partial charge in [-0.05, 0) is 61.2 Å². The number of aliphatic hydroxyl groups excluding tert-OH is 1. The van der Waals surface area contributed by atoms with E-state index in [4.69, 9.17) is 4.74 Å². The van der Waals surface area contributed by atoms with Crippen LogP contribution in [0.4, 0.5) is 0 Å². The molecule has 3 heterocycles. The van der Waals surface area contributed by atoms with Gasteiger partial charge in [0.1, 0.15) is 12.4 Å². The first kappa shape index (κ1) is 21.4. The Balaban J connectivity index is 1.20. The highest BCUT2D eigenvalue weighted by atomic mass is 16.5. The average molecular weight is 436 g/mol. The number of aliphatic hydroxyl groups is 1. The van der Waals surface area contributed by atoms with E-state index in [2.05, 4.69) is 34.1 Å². The maximum atomic E-state index is 13.2. The Hall–Kier alpha value is -2.41. The molecule has 3 aliphatic heterocycles. The monoisotopic (exact) mass is 435 g/mol. The standard InChI is InChI=1S/C26H33N3O3/c30-23(18-28-12-9-21-5-1-2-6-22(21)17-28)19-29-13-14-32-25-15-20(7-8-24(25)26(29)31)16-27-10-3-4-11-27/h1-2,5-8,15,23,30H,3-4,9-14,16-19H2. The third kappa shape index (κ3) is 4.82. The lowest BCUT2D eigenvalue weighted by molar-refractivity contribution is 0.0501. The number of amides is 1. The van der Waals surface area contributed by atoms with Gasteiger partial charge >= 0.3 is 0 Å². The minimum Gasteiger partial charge on any atom is -0.491 e. The molecule has 1 atom stereocenters. The van der Waals surface area contributed by atoms with Crippen LogP contribution in [0.3, 0.4) is 0 Å². The van der Waals surface area contributed by atoms with Crippen LogP contribution in [-0.2, 0) is 19.5 Å². The highest BCUT2D eigenvalue weighted by Crippen LogP contribution is 2.26. The first-order chi connectivity index (χ1) is 15.7. The Bertz CT molecular complexity index is 957. The Labute approximate surface area is 190 Å². The lowest BCUT2D eigenvalue weighted by Gasteiger charge is -2.32. The Kier molecular flexibility index (Phi) is 6.44. The molecule has 2 aromatic rings. The number of β-amino-alcohol motifs (C(OH)–C–C–N with tert-alkyl or cyclic N) is 1. The quantitative estimate of drug-likeness (QED) is 0.756. The molecule has 32 heavy (non-hydrogen) atoms. The molecule has 1 amide bonds. The van der Waals surface area contributed by atoms with E-state index in [0.717, 1.165) is 39.1 Å². The number of carbonyl (C=O) groups is 1. The van der Waals surface area contributed by atoms with Gasteiger partial charge in [-0.1, -0.05) is 30.3 Å². The summed E-state index contributed by atoms with van der Waals surface area (Å²) in [7, 11) is 0. The van der Waals surface area contributed by atoms with Gasteiger partial charge in [-0.15, -0.1) is 0 Å². The van der Waals surface area contributed by atoms with E-state index in [1.165, 1.54) is 29.5 Å². The van der Waals surface area contributed by atoms with Crippen LogP contribution in [-0.4, -0.2) is 77.7 Å². The van der Waals surface area contributed by atoms with Crippen LogP contribution in [0.25, 0.3) is 0 Å². The first-order valence-electron chi connectivity index (χ1n) is 11.9. The number of likely N-dealkylation sites (tertiary alicyclic amines) is 1. The van der Waals surface area contributed by atoms with E-state index < -0.39 is 6.10 Å². The van der Waals surface area contributed by atoms with E-state index in [1.807, 2.05) is 18.2 Å². The fourth-order valence-electron chi connectivity index (χ4n) is 5.19. The molecule has 5 rings (SSSR count). The second-order valence-electron chi connectivity index (χ2n) is 9.32.